The lowest BCUT2D eigenvalue weighted by Crippen LogP contribution is -2.42. The molecule has 0 aliphatic carbocycles. The molecule has 1 aliphatic rings. The van der Waals surface area contributed by atoms with Gasteiger partial charge in [-0.15, -0.1) is 0 Å². The second-order valence-corrected chi connectivity index (χ2v) is 7.03. The highest BCUT2D eigenvalue weighted by Crippen LogP contribution is 2.20. The number of rotatable bonds is 7. The fourth-order valence-electron chi connectivity index (χ4n) is 3.39. The SMILES string of the molecule is CCOc1ccc(CC(=O)N2CCCC(COc3cccc(C)n3)C2)cc1. The minimum Gasteiger partial charge on any atom is -0.494 e. The molecule has 1 amide bonds. The maximum Gasteiger partial charge on any atom is 0.227 e. The molecule has 1 aromatic carbocycles. The largest absolute Gasteiger partial charge is 0.494 e. The lowest BCUT2D eigenvalue weighted by atomic mass is 9.98. The van der Waals surface area contributed by atoms with Gasteiger partial charge in [0, 0.05) is 30.8 Å². The highest BCUT2D eigenvalue weighted by Gasteiger charge is 2.24. The molecule has 3 rings (SSSR count). The minimum absolute atomic E-state index is 0.178. The smallest absolute Gasteiger partial charge is 0.227 e. The number of carbonyl (C=O) groups is 1. The number of aromatic nitrogens is 1. The van der Waals surface area contributed by atoms with E-state index in [0.29, 0.717) is 31.4 Å². The Kier molecular flexibility index (Phi) is 6.69. The molecule has 0 radical (unpaired) electrons. The Morgan fingerprint density at radius 1 is 1.19 bits per heavy atom. The first-order valence-electron chi connectivity index (χ1n) is 9.70. The summed E-state index contributed by atoms with van der Waals surface area (Å²) in [6, 6.07) is 13.6. The van der Waals surface area contributed by atoms with E-state index in [1.54, 1.807) is 0 Å². The molecule has 0 bridgehead atoms. The maximum absolute atomic E-state index is 12.7. The second-order valence-electron chi connectivity index (χ2n) is 7.03. The summed E-state index contributed by atoms with van der Waals surface area (Å²) in [5.41, 5.74) is 1.97. The Hall–Kier alpha value is -2.56. The summed E-state index contributed by atoms with van der Waals surface area (Å²) in [5, 5.41) is 0. The summed E-state index contributed by atoms with van der Waals surface area (Å²) in [4.78, 5) is 19.0. The molecule has 1 atom stereocenters. The van der Waals surface area contributed by atoms with E-state index < -0.39 is 0 Å². The van der Waals surface area contributed by atoms with Crippen LogP contribution in [-0.2, 0) is 11.2 Å². The van der Waals surface area contributed by atoms with E-state index in [9.17, 15) is 4.79 Å². The predicted molar refractivity (Wildman–Crippen MR) is 105 cm³/mol. The lowest BCUT2D eigenvalue weighted by molar-refractivity contribution is -0.132. The molecule has 2 aromatic rings. The van der Waals surface area contributed by atoms with Crippen LogP contribution in [0.1, 0.15) is 31.0 Å². The highest BCUT2D eigenvalue weighted by molar-refractivity contribution is 5.78. The van der Waals surface area contributed by atoms with Crippen molar-refractivity contribution in [3.05, 3.63) is 53.7 Å². The molecule has 0 N–H and O–H groups in total. The Bertz CT molecular complexity index is 745. The lowest BCUT2D eigenvalue weighted by Gasteiger charge is -2.32. The average molecular weight is 368 g/mol. The number of aryl methyl sites for hydroxylation is 1. The van der Waals surface area contributed by atoms with Crippen LogP contribution in [0.4, 0.5) is 0 Å². The molecular formula is C22H28N2O3. The average Bonchev–Trinajstić information content (AvgIpc) is 2.68. The molecule has 1 fully saturated rings. The van der Waals surface area contributed by atoms with Crippen LogP contribution in [0.5, 0.6) is 11.6 Å². The van der Waals surface area contributed by atoms with Crippen LogP contribution in [-0.4, -0.2) is 42.1 Å². The number of benzene rings is 1. The summed E-state index contributed by atoms with van der Waals surface area (Å²) in [6.45, 7) is 6.74. The van der Waals surface area contributed by atoms with Gasteiger partial charge >= 0.3 is 0 Å². The van der Waals surface area contributed by atoms with Crippen LogP contribution < -0.4 is 9.47 Å². The van der Waals surface area contributed by atoms with Crippen molar-refractivity contribution < 1.29 is 14.3 Å². The van der Waals surface area contributed by atoms with Crippen LogP contribution in [0.15, 0.2) is 42.5 Å². The molecule has 1 aliphatic heterocycles. The predicted octanol–water partition coefficient (Wildman–Crippen LogP) is 3.65. The van der Waals surface area contributed by atoms with Gasteiger partial charge in [-0.2, -0.15) is 0 Å². The van der Waals surface area contributed by atoms with Gasteiger partial charge in [-0.1, -0.05) is 18.2 Å². The first-order chi connectivity index (χ1) is 13.1. The van der Waals surface area contributed by atoms with Gasteiger partial charge in [0.05, 0.1) is 19.6 Å². The summed E-state index contributed by atoms with van der Waals surface area (Å²) >= 11 is 0. The molecule has 1 aromatic heterocycles. The van der Waals surface area contributed by atoms with Gasteiger partial charge in [0.15, 0.2) is 0 Å². The van der Waals surface area contributed by atoms with Gasteiger partial charge in [-0.05, 0) is 50.5 Å². The van der Waals surface area contributed by atoms with E-state index in [1.807, 2.05) is 61.2 Å². The van der Waals surface area contributed by atoms with Gasteiger partial charge in [-0.3, -0.25) is 4.79 Å². The van der Waals surface area contributed by atoms with Gasteiger partial charge in [0.2, 0.25) is 11.8 Å². The van der Waals surface area contributed by atoms with Crippen molar-refractivity contribution >= 4 is 5.91 Å². The first-order valence-corrected chi connectivity index (χ1v) is 9.70. The van der Waals surface area contributed by atoms with E-state index in [4.69, 9.17) is 9.47 Å². The number of nitrogens with zero attached hydrogens (tertiary/aromatic N) is 2. The van der Waals surface area contributed by atoms with E-state index in [1.165, 1.54) is 0 Å². The molecule has 27 heavy (non-hydrogen) atoms. The molecule has 5 nitrogen and oxygen atoms in total. The number of carbonyl (C=O) groups excluding carboxylic acids is 1. The van der Waals surface area contributed by atoms with E-state index in [0.717, 1.165) is 42.9 Å². The molecule has 1 unspecified atom stereocenters. The van der Waals surface area contributed by atoms with Gasteiger partial charge in [-0.25, -0.2) is 4.98 Å². The number of ether oxygens (including phenoxy) is 2. The molecule has 144 valence electrons. The highest BCUT2D eigenvalue weighted by atomic mass is 16.5. The van der Waals surface area contributed by atoms with Crippen LogP contribution in [0.3, 0.4) is 0 Å². The maximum atomic E-state index is 12.7. The van der Waals surface area contributed by atoms with E-state index in [-0.39, 0.29) is 5.91 Å². The Morgan fingerprint density at radius 2 is 2.00 bits per heavy atom. The number of likely N-dealkylation sites (tertiary alicyclic amines) is 1. The van der Waals surface area contributed by atoms with Gasteiger partial charge < -0.3 is 14.4 Å². The number of piperidine rings is 1. The van der Waals surface area contributed by atoms with Crippen molar-refractivity contribution in [3.63, 3.8) is 0 Å². The summed E-state index contributed by atoms with van der Waals surface area (Å²) < 4.78 is 11.3. The molecule has 2 heterocycles. The van der Waals surface area contributed by atoms with Crippen LogP contribution >= 0.6 is 0 Å². The minimum atomic E-state index is 0.178. The van der Waals surface area contributed by atoms with Crippen LogP contribution in [0, 0.1) is 12.8 Å². The van der Waals surface area contributed by atoms with Crippen molar-refractivity contribution in [2.24, 2.45) is 5.92 Å². The number of amides is 1. The molecule has 1 saturated heterocycles. The van der Waals surface area contributed by atoms with Crippen molar-refractivity contribution in [2.75, 3.05) is 26.3 Å². The van der Waals surface area contributed by atoms with E-state index >= 15 is 0 Å². The van der Waals surface area contributed by atoms with Crippen LogP contribution in [0.2, 0.25) is 0 Å². The van der Waals surface area contributed by atoms with Gasteiger partial charge in [0.1, 0.15) is 5.75 Å². The summed E-state index contributed by atoms with van der Waals surface area (Å²) in [5.74, 6) is 2.03. The van der Waals surface area contributed by atoms with Crippen molar-refractivity contribution in [1.29, 1.82) is 0 Å². The monoisotopic (exact) mass is 368 g/mol. The zero-order valence-corrected chi connectivity index (χ0v) is 16.2. The van der Waals surface area contributed by atoms with Crippen molar-refractivity contribution in [2.45, 2.75) is 33.1 Å². The van der Waals surface area contributed by atoms with E-state index in [2.05, 4.69) is 4.98 Å². The van der Waals surface area contributed by atoms with Crippen molar-refractivity contribution in [3.8, 4) is 11.6 Å². The van der Waals surface area contributed by atoms with Crippen molar-refractivity contribution in [1.82, 2.24) is 9.88 Å². The standard InChI is InChI=1S/C22H28N2O3/c1-3-26-20-11-9-18(10-12-20)14-22(25)24-13-5-7-19(15-24)16-27-21-8-4-6-17(2)23-21/h4,6,8-12,19H,3,5,7,13-16H2,1-2H3. The quantitative estimate of drug-likeness (QED) is 0.749. The third-order valence-electron chi connectivity index (χ3n) is 4.79. The molecule has 0 saturated carbocycles. The Labute approximate surface area is 161 Å². The number of hydrogen-bond donors (Lipinski definition) is 0. The topological polar surface area (TPSA) is 51.7 Å². The fourth-order valence-corrected chi connectivity index (χ4v) is 3.39. The van der Waals surface area contributed by atoms with Crippen LogP contribution in [0.25, 0.3) is 0 Å². The first kappa shape index (κ1) is 19.2. The summed E-state index contributed by atoms with van der Waals surface area (Å²) in [7, 11) is 0. The Balaban J connectivity index is 1.50. The third kappa shape index (κ3) is 5.71. The zero-order valence-electron chi connectivity index (χ0n) is 16.2. The Morgan fingerprint density at radius 3 is 2.74 bits per heavy atom. The molecule has 0 spiro atoms. The second kappa shape index (κ2) is 9.40. The number of pyridine rings is 1. The molecular weight excluding hydrogens is 340 g/mol. The molecule has 5 heteroatoms. The summed E-state index contributed by atoms with van der Waals surface area (Å²) in [6.07, 6.45) is 2.53. The third-order valence-corrected chi connectivity index (χ3v) is 4.79. The van der Waals surface area contributed by atoms with Gasteiger partial charge in [0.25, 0.3) is 0 Å². The fraction of sp³-hybridized carbons (Fsp3) is 0.455. The zero-order chi connectivity index (χ0) is 19.1. The normalized spacial score (nSPS) is 16.8. The number of hydrogen-bond acceptors (Lipinski definition) is 4.